The Kier molecular flexibility index (Phi) is 5.66. The number of nitrogens with zero attached hydrogens (tertiary/aromatic N) is 2. The molecule has 0 fully saturated rings. The topological polar surface area (TPSA) is 68.3 Å². The highest BCUT2D eigenvalue weighted by molar-refractivity contribution is 6.31. The van der Waals surface area contributed by atoms with Gasteiger partial charge in [0.2, 0.25) is 5.95 Å². The minimum atomic E-state index is 0.464. The summed E-state index contributed by atoms with van der Waals surface area (Å²) in [6.45, 7) is 3.84. The van der Waals surface area contributed by atoms with E-state index in [2.05, 4.69) is 20.6 Å². The fourth-order valence-corrected chi connectivity index (χ4v) is 2.71. The van der Waals surface area contributed by atoms with Gasteiger partial charge in [0.05, 0.1) is 19.9 Å². The van der Waals surface area contributed by atoms with Crippen LogP contribution in [0.1, 0.15) is 11.3 Å². The number of ether oxygens (including phenoxy) is 2. The summed E-state index contributed by atoms with van der Waals surface area (Å²) in [6.07, 6.45) is 0. The van der Waals surface area contributed by atoms with Crippen LogP contribution in [0.5, 0.6) is 11.5 Å². The molecule has 0 atom stereocenters. The molecule has 0 radical (unpaired) electrons. The van der Waals surface area contributed by atoms with E-state index in [4.69, 9.17) is 21.1 Å². The Morgan fingerprint density at radius 3 is 2.30 bits per heavy atom. The van der Waals surface area contributed by atoms with Gasteiger partial charge in [-0.15, -0.1) is 0 Å². The van der Waals surface area contributed by atoms with Gasteiger partial charge >= 0.3 is 0 Å². The molecule has 0 bridgehead atoms. The Morgan fingerprint density at radius 2 is 1.63 bits per heavy atom. The Balaban J connectivity index is 1.86. The summed E-state index contributed by atoms with van der Waals surface area (Å²) in [5.74, 6) is 2.57. The van der Waals surface area contributed by atoms with E-state index in [0.717, 1.165) is 28.4 Å². The van der Waals surface area contributed by atoms with Crippen molar-refractivity contribution in [1.82, 2.24) is 9.97 Å². The minimum absolute atomic E-state index is 0.464. The van der Waals surface area contributed by atoms with Gasteiger partial charge in [-0.2, -0.15) is 4.98 Å². The van der Waals surface area contributed by atoms with E-state index in [9.17, 15) is 0 Å². The van der Waals surface area contributed by atoms with Crippen LogP contribution in [0.15, 0.2) is 42.5 Å². The zero-order chi connectivity index (χ0) is 19.4. The molecule has 3 aromatic rings. The number of methoxy groups -OCH3 is 2. The molecule has 0 spiro atoms. The molecule has 3 rings (SSSR count). The van der Waals surface area contributed by atoms with Gasteiger partial charge in [-0.1, -0.05) is 11.6 Å². The Hall–Kier alpha value is -2.99. The lowest BCUT2D eigenvalue weighted by Gasteiger charge is -2.14. The van der Waals surface area contributed by atoms with Crippen LogP contribution in [0.3, 0.4) is 0 Å². The normalized spacial score (nSPS) is 10.4. The Morgan fingerprint density at radius 1 is 0.889 bits per heavy atom. The lowest BCUT2D eigenvalue weighted by Crippen LogP contribution is -2.03. The van der Waals surface area contributed by atoms with Crippen LogP contribution in [0, 0.1) is 13.8 Å². The Labute approximate surface area is 163 Å². The van der Waals surface area contributed by atoms with Gasteiger partial charge in [-0.05, 0) is 49.7 Å². The van der Waals surface area contributed by atoms with E-state index in [0.29, 0.717) is 22.5 Å². The number of nitrogens with one attached hydrogen (secondary N) is 2. The summed E-state index contributed by atoms with van der Waals surface area (Å²) in [5.41, 5.74) is 3.41. The molecule has 0 saturated heterocycles. The van der Waals surface area contributed by atoms with Crippen LogP contribution in [0.4, 0.5) is 23.1 Å². The lowest BCUT2D eigenvalue weighted by atomic mass is 10.2. The van der Waals surface area contributed by atoms with Crippen molar-refractivity contribution in [2.24, 2.45) is 0 Å². The van der Waals surface area contributed by atoms with Gasteiger partial charge in [0.1, 0.15) is 17.3 Å². The predicted octanol–water partition coefficient (Wildman–Crippen LogP) is 5.25. The molecule has 0 aliphatic heterocycles. The molecule has 0 saturated carbocycles. The number of rotatable bonds is 6. The first-order valence-corrected chi connectivity index (χ1v) is 8.74. The first-order chi connectivity index (χ1) is 13.0. The average Bonchev–Trinajstić information content (AvgIpc) is 2.64. The van der Waals surface area contributed by atoms with Gasteiger partial charge in [-0.25, -0.2) is 4.98 Å². The molecule has 1 heterocycles. The second-order valence-corrected chi connectivity index (χ2v) is 6.41. The largest absolute Gasteiger partial charge is 0.497 e. The standard InChI is InChI=1S/C20H21ClN4O2/c1-12-9-17(18(27-4)11-16(12)21)24-20-22-13(2)10-19(25-20)23-14-5-7-15(26-3)8-6-14/h5-11H,1-4H3,(H2,22,23,24,25). The maximum absolute atomic E-state index is 6.17. The molecule has 0 aliphatic carbocycles. The molecule has 2 N–H and O–H groups in total. The fourth-order valence-electron chi connectivity index (χ4n) is 2.56. The second-order valence-electron chi connectivity index (χ2n) is 6.00. The third-order valence-corrected chi connectivity index (χ3v) is 4.35. The molecular formula is C20H21ClN4O2. The van der Waals surface area contributed by atoms with Crippen LogP contribution >= 0.6 is 11.6 Å². The molecule has 7 heteroatoms. The molecule has 0 unspecified atom stereocenters. The molecule has 140 valence electrons. The molecular weight excluding hydrogens is 364 g/mol. The number of hydrogen-bond donors (Lipinski definition) is 2. The van der Waals surface area contributed by atoms with E-state index in [1.54, 1.807) is 20.3 Å². The summed E-state index contributed by atoms with van der Waals surface area (Å²) < 4.78 is 10.6. The Bertz CT molecular complexity index is 945. The lowest BCUT2D eigenvalue weighted by molar-refractivity contribution is 0.415. The van der Waals surface area contributed by atoms with E-state index in [-0.39, 0.29) is 0 Å². The third kappa shape index (κ3) is 4.60. The number of benzene rings is 2. The van der Waals surface area contributed by atoms with Gasteiger partial charge in [0, 0.05) is 28.5 Å². The molecule has 0 aliphatic rings. The highest BCUT2D eigenvalue weighted by Gasteiger charge is 2.10. The van der Waals surface area contributed by atoms with E-state index in [1.807, 2.05) is 50.2 Å². The van der Waals surface area contributed by atoms with E-state index >= 15 is 0 Å². The maximum atomic E-state index is 6.17. The average molecular weight is 385 g/mol. The summed E-state index contributed by atoms with van der Waals surface area (Å²) in [7, 11) is 3.24. The first-order valence-electron chi connectivity index (χ1n) is 8.36. The highest BCUT2D eigenvalue weighted by atomic mass is 35.5. The van der Waals surface area contributed by atoms with E-state index in [1.165, 1.54) is 0 Å². The number of aryl methyl sites for hydroxylation is 2. The third-order valence-electron chi connectivity index (χ3n) is 3.94. The molecule has 6 nitrogen and oxygen atoms in total. The molecule has 1 aromatic heterocycles. The van der Waals surface area contributed by atoms with E-state index < -0.39 is 0 Å². The van der Waals surface area contributed by atoms with Gasteiger partial charge in [0.25, 0.3) is 0 Å². The smallest absolute Gasteiger partial charge is 0.229 e. The zero-order valence-electron chi connectivity index (χ0n) is 15.6. The highest BCUT2D eigenvalue weighted by Crippen LogP contribution is 2.32. The van der Waals surface area contributed by atoms with Crippen molar-refractivity contribution in [3.63, 3.8) is 0 Å². The van der Waals surface area contributed by atoms with Crippen LogP contribution in [0.25, 0.3) is 0 Å². The summed E-state index contributed by atoms with van der Waals surface area (Å²) in [6, 6.07) is 13.2. The number of anilines is 4. The first kappa shape index (κ1) is 18.8. The van der Waals surface area contributed by atoms with Crippen LogP contribution < -0.4 is 20.1 Å². The minimum Gasteiger partial charge on any atom is -0.497 e. The van der Waals surface area contributed by atoms with Crippen molar-refractivity contribution in [3.8, 4) is 11.5 Å². The van der Waals surface area contributed by atoms with Crippen molar-refractivity contribution < 1.29 is 9.47 Å². The van der Waals surface area contributed by atoms with Crippen molar-refractivity contribution in [2.45, 2.75) is 13.8 Å². The zero-order valence-corrected chi connectivity index (χ0v) is 16.4. The monoisotopic (exact) mass is 384 g/mol. The predicted molar refractivity (Wildman–Crippen MR) is 109 cm³/mol. The fraction of sp³-hybridized carbons (Fsp3) is 0.200. The van der Waals surface area contributed by atoms with Crippen molar-refractivity contribution in [2.75, 3.05) is 24.9 Å². The summed E-state index contributed by atoms with van der Waals surface area (Å²) in [5, 5.41) is 7.13. The van der Waals surface area contributed by atoms with Gasteiger partial charge in [-0.3, -0.25) is 0 Å². The summed E-state index contributed by atoms with van der Waals surface area (Å²) >= 11 is 6.17. The van der Waals surface area contributed by atoms with Gasteiger partial charge < -0.3 is 20.1 Å². The van der Waals surface area contributed by atoms with Crippen molar-refractivity contribution in [1.29, 1.82) is 0 Å². The van der Waals surface area contributed by atoms with Crippen LogP contribution in [0.2, 0.25) is 5.02 Å². The SMILES string of the molecule is COc1ccc(Nc2cc(C)nc(Nc3cc(C)c(Cl)cc3OC)n2)cc1. The number of halogens is 1. The van der Waals surface area contributed by atoms with Crippen molar-refractivity contribution >= 4 is 34.7 Å². The van der Waals surface area contributed by atoms with Crippen LogP contribution in [-0.4, -0.2) is 24.2 Å². The molecule has 0 amide bonds. The van der Waals surface area contributed by atoms with Gasteiger partial charge in [0.15, 0.2) is 0 Å². The summed E-state index contributed by atoms with van der Waals surface area (Å²) in [4.78, 5) is 9.00. The van der Waals surface area contributed by atoms with Crippen LogP contribution in [-0.2, 0) is 0 Å². The number of hydrogen-bond acceptors (Lipinski definition) is 6. The van der Waals surface area contributed by atoms with Crippen molar-refractivity contribution in [3.05, 3.63) is 58.7 Å². The second kappa shape index (κ2) is 8.14. The number of aromatic nitrogens is 2. The quantitative estimate of drug-likeness (QED) is 0.604. The maximum Gasteiger partial charge on any atom is 0.229 e. The molecule has 27 heavy (non-hydrogen) atoms. The molecule has 2 aromatic carbocycles.